The van der Waals surface area contributed by atoms with E-state index >= 15 is 0 Å². The van der Waals surface area contributed by atoms with Crippen LogP contribution < -0.4 is 10.5 Å². The molecule has 9 nitrogen and oxygen atoms in total. The van der Waals surface area contributed by atoms with Gasteiger partial charge in [0.25, 0.3) is 11.8 Å². The lowest BCUT2D eigenvalue weighted by molar-refractivity contribution is -0.137. The molecule has 3 heterocycles. The van der Waals surface area contributed by atoms with E-state index in [9.17, 15) is 27.9 Å². The van der Waals surface area contributed by atoms with Gasteiger partial charge in [0.2, 0.25) is 5.62 Å². The van der Waals surface area contributed by atoms with Gasteiger partial charge in [-0.15, -0.1) is 0 Å². The molecule has 0 unspecified atom stereocenters. The zero-order chi connectivity index (χ0) is 23.6. The highest BCUT2D eigenvalue weighted by atomic mass is 19.4. The van der Waals surface area contributed by atoms with Crippen molar-refractivity contribution in [2.45, 2.75) is 19.1 Å². The average molecular weight is 463 g/mol. The lowest BCUT2D eigenvalue weighted by atomic mass is 10.2. The highest BCUT2D eigenvalue weighted by Gasteiger charge is 2.31. The van der Waals surface area contributed by atoms with E-state index in [2.05, 4.69) is 15.0 Å². The average Bonchev–Trinajstić information content (AvgIpc) is 3.13. The van der Waals surface area contributed by atoms with Crippen LogP contribution in [0.3, 0.4) is 0 Å². The molecule has 0 aliphatic carbocycles. The molecule has 0 radical (unpaired) electrons. The minimum atomic E-state index is -4.64. The smallest absolute Gasteiger partial charge is 0.396 e. The van der Waals surface area contributed by atoms with E-state index in [0.717, 1.165) is 6.20 Å². The summed E-state index contributed by atoms with van der Waals surface area (Å²) >= 11 is 0. The zero-order valence-corrected chi connectivity index (χ0v) is 17.3. The minimum absolute atomic E-state index is 0.0145. The molecule has 3 aromatic rings. The molecule has 4 rings (SSSR count). The fourth-order valence-corrected chi connectivity index (χ4v) is 3.54. The van der Waals surface area contributed by atoms with Crippen molar-refractivity contribution >= 4 is 28.5 Å². The maximum atomic E-state index is 13.0. The number of nitrogens with one attached hydrogen (secondary N) is 1. The maximum absolute atomic E-state index is 13.0. The number of hydrogen-bond acceptors (Lipinski definition) is 5. The summed E-state index contributed by atoms with van der Waals surface area (Å²) in [4.78, 5) is 36.8. The highest BCUT2D eigenvalue weighted by Crippen LogP contribution is 2.29. The number of amides is 2. The number of aromatic nitrogens is 3. The van der Waals surface area contributed by atoms with Gasteiger partial charge in [0.15, 0.2) is 0 Å². The molecule has 1 fully saturated rings. The van der Waals surface area contributed by atoms with Crippen LogP contribution >= 0.6 is 0 Å². The second-order valence-corrected chi connectivity index (χ2v) is 7.35. The third-order valence-electron chi connectivity index (χ3n) is 5.13. The van der Waals surface area contributed by atoms with Crippen LogP contribution in [0.5, 0.6) is 0 Å². The molecular weight excluding hydrogens is 443 g/mol. The Hall–Kier alpha value is -3.51. The van der Waals surface area contributed by atoms with Crippen LogP contribution in [-0.4, -0.2) is 57.8 Å². The Bertz CT molecular complexity index is 1260. The van der Waals surface area contributed by atoms with Crippen LogP contribution in [0.25, 0.3) is 11.0 Å². The van der Waals surface area contributed by atoms with Crippen LogP contribution in [0.2, 0.25) is 0 Å². The topological polar surface area (TPSA) is 113 Å². The van der Waals surface area contributed by atoms with Crippen molar-refractivity contribution in [3.8, 4) is 0 Å². The fraction of sp³-hybridized carbons (Fsp3) is 0.333. The number of nitrogens with zero attached hydrogens (tertiary/aromatic N) is 4. The summed E-state index contributed by atoms with van der Waals surface area (Å²) in [5, 5.41) is 9.25. The number of hydrogen-bond donors (Lipinski definition) is 2. The lowest BCUT2D eigenvalue weighted by Gasteiger charge is -2.26. The molecule has 2 aromatic heterocycles. The second-order valence-electron chi connectivity index (χ2n) is 7.35. The van der Waals surface area contributed by atoms with Crippen LogP contribution in [0.1, 0.15) is 22.3 Å². The van der Waals surface area contributed by atoms with Crippen molar-refractivity contribution in [2.24, 2.45) is 4.99 Å². The molecule has 12 heteroatoms. The Balaban J connectivity index is 1.76. The van der Waals surface area contributed by atoms with E-state index in [1.54, 1.807) is 27.7 Å². The van der Waals surface area contributed by atoms with Crippen LogP contribution in [-0.2, 0) is 22.3 Å². The van der Waals surface area contributed by atoms with Gasteiger partial charge in [-0.3, -0.25) is 14.6 Å². The number of morpholine rings is 1. The number of H-pyrrole nitrogens is 1. The number of aryl methyl sites for hydroxylation is 1. The molecule has 33 heavy (non-hydrogen) atoms. The number of aliphatic hydroxyl groups is 1. The Morgan fingerprint density at radius 2 is 2.09 bits per heavy atom. The number of imidazole rings is 1. The van der Waals surface area contributed by atoms with Crippen molar-refractivity contribution in [3.63, 3.8) is 0 Å². The van der Waals surface area contributed by atoms with E-state index in [4.69, 9.17) is 4.74 Å². The second kappa shape index (κ2) is 9.16. The molecule has 2 amide bonds. The number of fused-ring (bicyclic) bond motifs is 1. The molecule has 0 spiro atoms. The van der Waals surface area contributed by atoms with Crippen molar-refractivity contribution < 1.29 is 32.6 Å². The van der Waals surface area contributed by atoms with Gasteiger partial charge in [-0.05, 0) is 30.7 Å². The number of ether oxygens (including phenoxy) is 1. The summed E-state index contributed by atoms with van der Waals surface area (Å²) in [6, 6.07) is 5.92. The van der Waals surface area contributed by atoms with Gasteiger partial charge in [0.1, 0.15) is 6.61 Å². The number of anilines is 1. The third-order valence-corrected chi connectivity index (χ3v) is 5.13. The summed E-state index contributed by atoms with van der Waals surface area (Å²) in [7, 11) is 0. The summed E-state index contributed by atoms with van der Waals surface area (Å²) in [5.74, 6) is -1.08. The number of benzene rings is 1. The Labute approximate surface area is 185 Å². The molecular formula is C21H20F3N5O4. The Morgan fingerprint density at radius 3 is 2.82 bits per heavy atom. The summed E-state index contributed by atoms with van der Waals surface area (Å²) in [5.41, 5.74) is 0.600. The van der Waals surface area contributed by atoms with Gasteiger partial charge in [-0.25, -0.2) is 0 Å². The first-order valence-corrected chi connectivity index (χ1v) is 10.1. The number of carbonyl (C=O) groups is 2. The predicted molar refractivity (Wildman–Crippen MR) is 110 cm³/mol. The molecule has 1 aliphatic heterocycles. The zero-order valence-electron chi connectivity index (χ0n) is 17.3. The lowest BCUT2D eigenvalue weighted by Crippen LogP contribution is -2.41. The third kappa shape index (κ3) is 4.81. The first-order valence-electron chi connectivity index (χ1n) is 10.1. The highest BCUT2D eigenvalue weighted by molar-refractivity contribution is 5.97. The molecule has 2 N–H and O–H groups in total. The normalized spacial score (nSPS) is 15.5. The van der Waals surface area contributed by atoms with E-state index in [0.29, 0.717) is 55.1 Å². The minimum Gasteiger partial charge on any atom is -0.396 e. The number of carbonyl (C=O) groups excluding carboxylic acids is 2. The van der Waals surface area contributed by atoms with Gasteiger partial charge in [0, 0.05) is 37.8 Å². The molecule has 1 aromatic carbocycles. The predicted octanol–water partition coefficient (Wildman–Crippen LogP) is 1.87. The van der Waals surface area contributed by atoms with Gasteiger partial charge >= 0.3 is 6.18 Å². The largest absolute Gasteiger partial charge is 0.417 e. The van der Waals surface area contributed by atoms with Crippen molar-refractivity contribution in [1.29, 1.82) is 0 Å². The van der Waals surface area contributed by atoms with Crippen LogP contribution in [0.15, 0.2) is 41.7 Å². The molecule has 0 bridgehead atoms. The first kappa shape index (κ1) is 22.7. The monoisotopic (exact) mass is 463 g/mol. The van der Waals surface area contributed by atoms with Gasteiger partial charge < -0.3 is 24.3 Å². The van der Waals surface area contributed by atoms with Gasteiger partial charge in [-0.2, -0.15) is 18.2 Å². The molecule has 1 saturated heterocycles. The fourth-order valence-electron chi connectivity index (χ4n) is 3.54. The Morgan fingerprint density at radius 1 is 1.27 bits per heavy atom. The molecule has 174 valence electrons. The van der Waals surface area contributed by atoms with Crippen molar-refractivity contribution in [2.75, 3.05) is 31.3 Å². The molecule has 0 atom stereocenters. The van der Waals surface area contributed by atoms with Gasteiger partial charge in [-0.1, -0.05) is 0 Å². The number of alkyl halides is 3. The number of aromatic amines is 1. The summed E-state index contributed by atoms with van der Waals surface area (Å²) in [6.45, 7) is 0.989. The Kier molecular flexibility index (Phi) is 6.29. The maximum Gasteiger partial charge on any atom is 0.417 e. The standard InChI is InChI=1S/C21H20F3N5O4/c22-21(23,24)14-8-13(10-25-11-14)19(32)27-20-26-16-9-15(28-5-7-33-12-18(28)31)2-3-17(16)29(20)4-1-6-30/h2-3,8-11,30H,1,4-7,12H2,(H,26,27,32). The summed E-state index contributed by atoms with van der Waals surface area (Å²) in [6.07, 6.45) is -2.62. The van der Waals surface area contributed by atoms with E-state index in [1.165, 1.54) is 0 Å². The number of halogens is 3. The number of aliphatic hydroxyl groups excluding tert-OH is 1. The van der Waals surface area contributed by atoms with Crippen molar-refractivity contribution in [3.05, 3.63) is 53.4 Å². The van der Waals surface area contributed by atoms with E-state index in [1.807, 2.05) is 0 Å². The van der Waals surface area contributed by atoms with E-state index in [-0.39, 0.29) is 30.3 Å². The van der Waals surface area contributed by atoms with Crippen LogP contribution in [0, 0.1) is 0 Å². The molecule has 1 aliphatic rings. The number of rotatable bonds is 5. The summed E-state index contributed by atoms with van der Waals surface area (Å²) < 4.78 is 45.7. The number of pyridine rings is 1. The van der Waals surface area contributed by atoms with E-state index < -0.39 is 17.6 Å². The van der Waals surface area contributed by atoms with Gasteiger partial charge in [0.05, 0.1) is 28.8 Å². The molecule has 0 saturated carbocycles. The van der Waals surface area contributed by atoms with Crippen molar-refractivity contribution in [1.82, 2.24) is 14.5 Å². The SMILES string of the molecule is O=C(/N=c1\[nH]c2cc(N3CCOCC3=O)ccc2n1CCCO)c1cncc(C(F)(F)F)c1. The quantitative estimate of drug-likeness (QED) is 0.600. The first-order chi connectivity index (χ1) is 15.8. The van der Waals surface area contributed by atoms with Crippen LogP contribution in [0.4, 0.5) is 18.9 Å².